The van der Waals surface area contributed by atoms with Crippen molar-refractivity contribution in [2.75, 3.05) is 26.2 Å². The van der Waals surface area contributed by atoms with Gasteiger partial charge in [-0.3, -0.25) is 9.58 Å². The third-order valence-electron chi connectivity index (χ3n) is 3.66. The highest BCUT2D eigenvalue weighted by atomic mass is 15.4. The normalized spacial score (nSPS) is 31.0. The van der Waals surface area contributed by atoms with E-state index < -0.39 is 0 Å². The summed E-state index contributed by atoms with van der Waals surface area (Å²) in [6.07, 6.45) is 1.87. The molecule has 0 radical (unpaired) electrons. The van der Waals surface area contributed by atoms with E-state index in [9.17, 15) is 0 Å². The summed E-state index contributed by atoms with van der Waals surface area (Å²) >= 11 is 0. The summed E-state index contributed by atoms with van der Waals surface area (Å²) in [6, 6.07) is 0. The van der Waals surface area contributed by atoms with Crippen molar-refractivity contribution < 1.29 is 0 Å². The van der Waals surface area contributed by atoms with E-state index in [0.29, 0.717) is 0 Å². The second-order valence-corrected chi connectivity index (χ2v) is 4.72. The van der Waals surface area contributed by atoms with Gasteiger partial charge in [-0.15, -0.1) is 5.10 Å². The number of aromatic nitrogens is 3. The molecule has 5 heteroatoms. The van der Waals surface area contributed by atoms with Crippen LogP contribution in [0.2, 0.25) is 0 Å². The third-order valence-corrected chi connectivity index (χ3v) is 3.66. The van der Waals surface area contributed by atoms with Crippen molar-refractivity contribution in [2.24, 2.45) is 18.9 Å². The maximum Gasteiger partial charge on any atom is 0.0738 e. The summed E-state index contributed by atoms with van der Waals surface area (Å²) in [5.74, 6) is 1.73. The van der Waals surface area contributed by atoms with Crippen molar-refractivity contribution in [2.45, 2.75) is 6.54 Å². The van der Waals surface area contributed by atoms with Crippen LogP contribution in [0.3, 0.4) is 0 Å². The lowest BCUT2D eigenvalue weighted by molar-refractivity contribution is 0.297. The standard InChI is InChI=1S/C10H17N5/c1-14-10(4-12-13-14)7-15-5-8-2-11-3-9(8)6-15/h4,8-9,11H,2-3,5-7H2,1H3/t8-,9+. The third kappa shape index (κ3) is 1.66. The Morgan fingerprint density at radius 1 is 1.40 bits per heavy atom. The molecule has 1 aromatic rings. The van der Waals surface area contributed by atoms with Crippen LogP contribution in [0.1, 0.15) is 5.69 Å². The second kappa shape index (κ2) is 3.57. The van der Waals surface area contributed by atoms with Gasteiger partial charge < -0.3 is 5.32 Å². The highest BCUT2D eigenvalue weighted by Crippen LogP contribution is 2.26. The Bertz CT molecular complexity index is 335. The summed E-state index contributed by atoms with van der Waals surface area (Å²) in [7, 11) is 1.96. The monoisotopic (exact) mass is 207 g/mol. The van der Waals surface area contributed by atoms with Crippen LogP contribution in [0.4, 0.5) is 0 Å². The topological polar surface area (TPSA) is 46.0 Å². The Morgan fingerprint density at radius 3 is 2.73 bits per heavy atom. The molecule has 82 valence electrons. The van der Waals surface area contributed by atoms with Gasteiger partial charge in [-0.25, -0.2) is 0 Å². The largest absolute Gasteiger partial charge is 0.316 e. The minimum atomic E-state index is 0.867. The quantitative estimate of drug-likeness (QED) is 0.708. The van der Waals surface area contributed by atoms with E-state index in [4.69, 9.17) is 0 Å². The lowest BCUT2D eigenvalue weighted by atomic mass is 10.0. The number of nitrogens with one attached hydrogen (secondary N) is 1. The van der Waals surface area contributed by atoms with E-state index >= 15 is 0 Å². The van der Waals surface area contributed by atoms with E-state index in [1.54, 1.807) is 0 Å². The van der Waals surface area contributed by atoms with Gasteiger partial charge in [-0.1, -0.05) is 5.21 Å². The van der Waals surface area contributed by atoms with Gasteiger partial charge in [-0.05, 0) is 24.9 Å². The first-order valence-corrected chi connectivity index (χ1v) is 5.59. The van der Waals surface area contributed by atoms with E-state index in [-0.39, 0.29) is 0 Å². The fourth-order valence-corrected chi connectivity index (χ4v) is 2.76. The van der Waals surface area contributed by atoms with Gasteiger partial charge in [0.25, 0.3) is 0 Å². The highest BCUT2D eigenvalue weighted by Gasteiger charge is 2.35. The molecule has 2 saturated heterocycles. The molecule has 0 amide bonds. The fourth-order valence-electron chi connectivity index (χ4n) is 2.76. The molecule has 5 nitrogen and oxygen atoms in total. The maximum atomic E-state index is 3.96. The minimum absolute atomic E-state index is 0.867. The molecule has 0 spiro atoms. The first-order chi connectivity index (χ1) is 7.33. The number of hydrogen-bond acceptors (Lipinski definition) is 4. The first kappa shape index (κ1) is 9.30. The number of nitrogens with zero attached hydrogens (tertiary/aromatic N) is 4. The Balaban J connectivity index is 1.64. The summed E-state index contributed by atoms with van der Waals surface area (Å²) in [5, 5.41) is 11.3. The van der Waals surface area contributed by atoms with Gasteiger partial charge >= 0.3 is 0 Å². The molecule has 0 bridgehead atoms. The van der Waals surface area contributed by atoms with Gasteiger partial charge in [0, 0.05) is 26.7 Å². The number of aryl methyl sites for hydroxylation is 1. The number of rotatable bonds is 2. The van der Waals surface area contributed by atoms with Gasteiger partial charge in [0.2, 0.25) is 0 Å². The molecule has 3 rings (SSSR count). The van der Waals surface area contributed by atoms with Crippen LogP contribution < -0.4 is 5.32 Å². The van der Waals surface area contributed by atoms with Crippen molar-refractivity contribution in [3.05, 3.63) is 11.9 Å². The van der Waals surface area contributed by atoms with Crippen LogP contribution in [0.15, 0.2) is 6.20 Å². The van der Waals surface area contributed by atoms with Crippen molar-refractivity contribution >= 4 is 0 Å². The molecule has 2 fully saturated rings. The molecule has 1 N–H and O–H groups in total. The van der Waals surface area contributed by atoms with E-state index in [1.165, 1.54) is 31.9 Å². The molecule has 15 heavy (non-hydrogen) atoms. The Labute approximate surface area is 89.4 Å². The summed E-state index contributed by atoms with van der Waals surface area (Å²) < 4.78 is 1.87. The lowest BCUT2D eigenvalue weighted by Gasteiger charge is -2.16. The predicted octanol–water partition coefficient (Wildman–Crippen LogP) is -0.534. The van der Waals surface area contributed by atoms with Crippen LogP contribution in [-0.2, 0) is 13.6 Å². The fraction of sp³-hybridized carbons (Fsp3) is 0.800. The van der Waals surface area contributed by atoms with Gasteiger partial charge in [-0.2, -0.15) is 0 Å². The van der Waals surface area contributed by atoms with Crippen molar-refractivity contribution in [1.82, 2.24) is 25.2 Å². The highest BCUT2D eigenvalue weighted by molar-refractivity contribution is 4.97. The number of fused-ring (bicyclic) bond motifs is 1. The summed E-state index contributed by atoms with van der Waals surface area (Å²) in [4.78, 5) is 2.52. The first-order valence-electron chi connectivity index (χ1n) is 5.59. The average molecular weight is 207 g/mol. The zero-order chi connectivity index (χ0) is 10.3. The molecule has 0 aliphatic carbocycles. The number of hydrogen-bond donors (Lipinski definition) is 1. The predicted molar refractivity (Wildman–Crippen MR) is 56.1 cm³/mol. The lowest BCUT2D eigenvalue weighted by Crippen LogP contribution is -2.26. The molecule has 2 aliphatic heterocycles. The van der Waals surface area contributed by atoms with Gasteiger partial charge in [0.05, 0.1) is 11.9 Å². The second-order valence-electron chi connectivity index (χ2n) is 4.72. The smallest absolute Gasteiger partial charge is 0.0738 e. The van der Waals surface area contributed by atoms with Crippen LogP contribution in [0.25, 0.3) is 0 Å². The van der Waals surface area contributed by atoms with Gasteiger partial charge in [0.1, 0.15) is 0 Å². The molecule has 2 atom stereocenters. The van der Waals surface area contributed by atoms with Crippen LogP contribution in [0.5, 0.6) is 0 Å². The van der Waals surface area contributed by atoms with Crippen LogP contribution in [0, 0.1) is 11.8 Å². The SMILES string of the molecule is Cn1nncc1CN1C[C@H]2CNC[C@H]2C1. The molecule has 2 aliphatic rings. The summed E-state index contributed by atoms with van der Waals surface area (Å²) in [6.45, 7) is 5.85. The Hall–Kier alpha value is -0.940. The molecular formula is C10H17N5. The minimum Gasteiger partial charge on any atom is -0.316 e. The molecule has 0 saturated carbocycles. The van der Waals surface area contributed by atoms with Gasteiger partial charge in [0.15, 0.2) is 0 Å². The molecule has 0 aromatic carbocycles. The van der Waals surface area contributed by atoms with E-state index in [1.807, 2.05) is 17.9 Å². The van der Waals surface area contributed by atoms with E-state index in [0.717, 1.165) is 18.4 Å². The molecule has 1 aromatic heterocycles. The molecule has 3 heterocycles. The zero-order valence-corrected chi connectivity index (χ0v) is 9.06. The van der Waals surface area contributed by atoms with E-state index in [2.05, 4.69) is 20.5 Å². The average Bonchev–Trinajstić information content (AvgIpc) is 2.83. The molecular weight excluding hydrogens is 190 g/mol. The number of likely N-dealkylation sites (tertiary alicyclic amines) is 1. The summed E-state index contributed by atoms with van der Waals surface area (Å²) in [5.41, 5.74) is 1.21. The van der Waals surface area contributed by atoms with Crippen LogP contribution in [-0.4, -0.2) is 46.1 Å². The molecule has 0 unspecified atom stereocenters. The van der Waals surface area contributed by atoms with Crippen LogP contribution >= 0.6 is 0 Å². The van der Waals surface area contributed by atoms with Crippen molar-refractivity contribution in [1.29, 1.82) is 0 Å². The maximum absolute atomic E-state index is 3.96. The van der Waals surface area contributed by atoms with Crippen molar-refractivity contribution in [3.63, 3.8) is 0 Å². The Kier molecular flexibility index (Phi) is 2.21. The Morgan fingerprint density at radius 2 is 2.13 bits per heavy atom. The van der Waals surface area contributed by atoms with Crippen molar-refractivity contribution in [3.8, 4) is 0 Å². The zero-order valence-electron chi connectivity index (χ0n) is 9.06.